The summed E-state index contributed by atoms with van der Waals surface area (Å²) in [4.78, 5) is 9.19. The Labute approximate surface area is 152 Å². The molecule has 0 unspecified atom stereocenters. The summed E-state index contributed by atoms with van der Waals surface area (Å²) in [5.41, 5.74) is 2.23. The van der Waals surface area contributed by atoms with Gasteiger partial charge in [0.05, 0.1) is 29.0 Å². The first-order chi connectivity index (χ1) is 12.4. The number of pyridine rings is 1. The van der Waals surface area contributed by atoms with E-state index in [1.807, 2.05) is 31.2 Å². The number of nitrogens with one attached hydrogen (secondary N) is 1. The highest BCUT2D eigenvalue weighted by Crippen LogP contribution is 2.39. The number of aromatic nitrogens is 3. The van der Waals surface area contributed by atoms with Crippen LogP contribution in [0.5, 0.6) is 0 Å². The topological polar surface area (TPSA) is 86.1 Å². The normalized spacial score (nSPS) is 16.4. The van der Waals surface area contributed by atoms with Crippen LogP contribution in [0.1, 0.15) is 25.6 Å². The van der Waals surface area contributed by atoms with E-state index >= 15 is 0 Å². The molecule has 3 aromatic rings. The van der Waals surface area contributed by atoms with E-state index in [2.05, 4.69) is 14.3 Å². The molecule has 2 heterocycles. The molecule has 1 aliphatic carbocycles. The van der Waals surface area contributed by atoms with Crippen molar-refractivity contribution in [2.45, 2.75) is 38.5 Å². The van der Waals surface area contributed by atoms with Gasteiger partial charge in [0.1, 0.15) is 17.9 Å². The zero-order chi connectivity index (χ0) is 18.4. The van der Waals surface area contributed by atoms with Crippen LogP contribution in [0.25, 0.3) is 21.9 Å². The average molecular weight is 374 g/mol. The monoisotopic (exact) mass is 374 g/mol. The smallest absolute Gasteiger partial charge is 0.209 e. The van der Waals surface area contributed by atoms with Gasteiger partial charge < -0.3 is 9.30 Å². The summed E-state index contributed by atoms with van der Waals surface area (Å²) >= 11 is 0. The van der Waals surface area contributed by atoms with Crippen molar-refractivity contribution >= 4 is 32.0 Å². The summed E-state index contributed by atoms with van der Waals surface area (Å²) in [6.07, 6.45) is 4.61. The Kier molecular flexibility index (Phi) is 4.21. The molecule has 8 heteroatoms. The molecule has 1 saturated carbocycles. The molecule has 138 valence electrons. The zero-order valence-electron chi connectivity index (χ0n) is 14.9. The molecule has 0 atom stereocenters. The highest BCUT2D eigenvalue weighted by Gasteiger charge is 2.46. The minimum Gasteiger partial charge on any atom is -0.374 e. The molecule has 26 heavy (non-hydrogen) atoms. The lowest BCUT2D eigenvalue weighted by Crippen LogP contribution is -2.39. The van der Waals surface area contributed by atoms with Crippen LogP contribution in [0.3, 0.4) is 0 Å². The van der Waals surface area contributed by atoms with E-state index in [4.69, 9.17) is 9.72 Å². The Morgan fingerprint density at radius 2 is 2.04 bits per heavy atom. The molecule has 0 bridgehead atoms. The molecule has 0 spiro atoms. The largest absolute Gasteiger partial charge is 0.374 e. The van der Waals surface area contributed by atoms with Gasteiger partial charge in [0.2, 0.25) is 10.0 Å². The molecule has 0 saturated heterocycles. The fourth-order valence-electron chi connectivity index (χ4n) is 3.42. The Balaban J connectivity index is 1.86. The second-order valence-electron chi connectivity index (χ2n) is 6.92. The van der Waals surface area contributed by atoms with Crippen LogP contribution in [0.4, 0.5) is 0 Å². The van der Waals surface area contributed by atoms with Crippen LogP contribution in [0.2, 0.25) is 0 Å². The predicted octanol–water partition coefficient (Wildman–Crippen LogP) is 2.20. The molecule has 1 fully saturated rings. The number of para-hydroxylation sites is 1. The Bertz CT molecular complexity index is 1070. The maximum absolute atomic E-state index is 11.8. The fraction of sp³-hybridized carbons (Fsp3) is 0.444. The molecule has 2 aromatic heterocycles. The van der Waals surface area contributed by atoms with Crippen LogP contribution in [0.15, 0.2) is 30.5 Å². The van der Waals surface area contributed by atoms with Crippen molar-refractivity contribution in [1.29, 1.82) is 0 Å². The standard InChI is InChI=1S/C18H22N4O3S/c1-3-25-11-16-20-15-10-19-14-7-5-4-6-13(14)17(15)22(16)12-18(8-9-18)21-26(2,23)24/h4-7,10,21H,3,8-9,11-12H2,1-2H3. The number of hydrogen-bond donors (Lipinski definition) is 1. The summed E-state index contributed by atoms with van der Waals surface area (Å²) in [6, 6.07) is 7.92. The molecular formula is C18H22N4O3S. The number of fused-ring (bicyclic) bond motifs is 3. The molecule has 0 radical (unpaired) electrons. The minimum atomic E-state index is -3.28. The van der Waals surface area contributed by atoms with Gasteiger partial charge in [-0.2, -0.15) is 0 Å². The lowest BCUT2D eigenvalue weighted by atomic mass is 10.2. The minimum absolute atomic E-state index is 0.383. The fourth-order valence-corrected chi connectivity index (χ4v) is 4.48. The molecule has 0 amide bonds. The van der Waals surface area contributed by atoms with Crippen molar-refractivity contribution in [3.8, 4) is 0 Å². The summed E-state index contributed by atoms with van der Waals surface area (Å²) in [7, 11) is -3.28. The molecule has 7 nitrogen and oxygen atoms in total. The Morgan fingerprint density at radius 3 is 2.73 bits per heavy atom. The van der Waals surface area contributed by atoms with Crippen molar-refractivity contribution in [3.63, 3.8) is 0 Å². The summed E-state index contributed by atoms with van der Waals surface area (Å²) < 4.78 is 34.1. The van der Waals surface area contributed by atoms with Crippen molar-refractivity contribution in [1.82, 2.24) is 19.3 Å². The van der Waals surface area contributed by atoms with Gasteiger partial charge in [-0.25, -0.2) is 18.1 Å². The molecule has 1 aromatic carbocycles. The van der Waals surface area contributed by atoms with Crippen molar-refractivity contribution in [2.75, 3.05) is 12.9 Å². The first-order valence-corrected chi connectivity index (χ1v) is 10.6. The first-order valence-electron chi connectivity index (χ1n) is 8.70. The summed E-state index contributed by atoms with van der Waals surface area (Å²) in [6.45, 7) is 3.45. The van der Waals surface area contributed by atoms with Gasteiger partial charge in [-0.05, 0) is 25.8 Å². The van der Waals surface area contributed by atoms with E-state index in [9.17, 15) is 8.42 Å². The SMILES string of the molecule is CCOCc1nc2cnc3ccccc3c2n1CC1(NS(C)(=O)=O)CC1. The Morgan fingerprint density at radius 1 is 1.27 bits per heavy atom. The van der Waals surface area contributed by atoms with Gasteiger partial charge in [0.25, 0.3) is 0 Å². The average Bonchev–Trinajstić information content (AvgIpc) is 3.24. The third-order valence-electron chi connectivity index (χ3n) is 4.71. The van der Waals surface area contributed by atoms with Crippen LogP contribution < -0.4 is 4.72 Å². The van der Waals surface area contributed by atoms with Crippen LogP contribution in [0, 0.1) is 0 Å². The predicted molar refractivity (Wildman–Crippen MR) is 100 cm³/mol. The maximum atomic E-state index is 11.8. The molecule has 4 rings (SSSR count). The summed E-state index contributed by atoms with van der Waals surface area (Å²) in [5.74, 6) is 0.793. The third-order valence-corrected chi connectivity index (χ3v) is 5.51. The van der Waals surface area contributed by atoms with E-state index in [0.717, 1.165) is 40.6 Å². The molecule has 0 aliphatic heterocycles. The highest BCUT2D eigenvalue weighted by molar-refractivity contribution is 7.88. The number of ether oxygens (including phenoxy) is 1. The van der Waals surface area contributed by atoms with E-state index < -0.39 is 15.6 Å². The van der Waals surface area contributed by atoms with Crippen LogP contribution >= 0.6 is 0 Å². The third kappa shape index (κ3) is 3.32. The van der Waals surface area contributed by atoms with Crippen LogP contribution in [-0.4, -0.2) is 41.4 Å². The number of benzene rings is 1. The van der Waals surface area contributed by atoms with Gasteiger partial charge >= 0.3 is 0 Å². The first kappa shape index (κ1) is 17.4. The molecule has 1 N–H and O–H groups in total. The van der Waals surface area contributed by atoms with E-state index in [0.29, 0.717) is 19.8 Å². The van der Waals surface area contributed by atoms with Gasteiger partial charge in [-0.1, -0.05) is 18.2 Å². The summed E-state index contributed by atoms with van der Waals surface area (Å²) in [5, 5.41) is 1.01. The van der Waals surface area contributed by atoms with Gasteiger partial charge in [-0.15, -0.1) is 0 Å². The van der Waals surface area contributed by atoms with Gasteiger partial charge in [0, 0.05) is 18.5 Å². The maximum Gasteiger partial charge on any atom is 0.209 e. The number of imidazole rings is 1. The number of nitrogens with zero attached hydrogens (tertiary/aromatic N) is 3. The van der Waals surface area contributed by atoms with Crippen LogP contribution in [-0.2, 0) is 27.9 Å². The van der Waals surface area contributed by atoms with Gasteiger partial charge in [-0.3, -0.25) is 4.98 Å². The lowest BCUT2D eigenvalue weighted by molar-refractivity contribution is 0.125. The van der Waals surface area contributed by atoms with E-state index in [1.165, 1.54) is 6.26 Å². The lowest BCUT2D eigenvalue weighted by Gasteiger charge is -2.19. The van der Waals surface area contributed by atoms with E-state index in [1.54, 1.807) is 6.20 Å². The number of sulfonamides is 1. The van der Waals surface area contributed by atoms with Crippen molar-refractivity contribution in [3.05, 3.63) is 36.3 Å². The van der Waals surface area contributed by atoms with Crippen molar-refractivity contribution in [2.24, 2.45) is 0 Å². The highest BCUT2D eigenvalue weighted by atomic mass is 32.2. The number of hydrogen-bond acceptors (Lipinski definition) is 5. The number of rotatable bonds is 7. The molecule has 1 aliphatic rings. The zero-order valence-corrected chi connectivity index (χ0v) is 15.7. The van der Waals surface area contributed by atoms with Crippen molar-refractivity contribution < 1.29 is 13.2 Å². The second-order valence-corrected chi connectivity index (χ2v) is 8.66. The Hall–Kier alpha value is -2.03. The molecular weight excluding hydrogens is 352 g/mol. The quantitative estimate of drug-likeness (QED) is 0.685. The van der Waals surface area contributed by atoms with Gasteiger partial charge in [0.15, 0.2) is 0 Å². The second kappa shape index (κ2) is 6.29. The van der Waals surface area contributed by atoms with E-state index in [-0.39, 0.29) is 0 Å².